The van der Waals surface area contributed by atoms with Crippen LogP contribution in [0.4, 0.5) is 0 Å². The van der Waals surface area contributed by atoms with Crippen LogP contribution in [0.3, 0.4) is 0 Å². The zero-order valence-corrected chi connectivity index (χ0v) is 7.09. The fourth-order valence-electron chi connectivity index (χ4n) is 1.45. The number of carbonyl (C=O) groups is 2. The molecule has 0 bridgehead atoms. The zero-order chi connectivity index (χ0) is 8.54. The molecule has 1 aliphatic carbocycles. The number of rotatable bonds is 4. The molecule has 0 atom stereocenters. The van der Waals surface area contributed by atoms with Crippen LogP contribution in [0.25, 0.3) is 0 Å². The van der Waals surface area contributed by atoms with Crippen LogP contribution in [-0.2, 0) is 9.59 Å². The molecule has 2 nitrogen and oxygen atoms in total. The summed E-state index contributed by atoms with van der Waals surface area (Å²) in [4.78, 5) is 21.1. The molecule has 0 aromatic heterocycles. The quantitative estimate of drug-likeness (QED) is 0.576. The normalized spacial score (nSPS) is 20.9. The van der Waals surface area contributed by atoms with Gasteiger partial charge in [0.25, 0.3) is 0 Å². The Kier molecular flexibility index (Phi) is 1.87. The van der Waals surface area contributed by atoms with E-state index in [0.717, 1.165) is 25.4 Å². The molecule has 0 unspecified atom stereocenters. The van der Waals surface area contributed by atoms with E-state index in [2.05, 4.69) is 0 Å². The summed E-state index contributed by atoms with van der Waals surface area (Å²) < 4.78 is 0. The van der Waals surface area contributed by atoms with Crippen molar-refractivity contribution in [3.05, 3.63) is 0 Å². The van der Waals surface area contributed by atoms with Crippen molar-refractivity contribution in [2.75, 3.05) is 0 Å². The molecule has 2 heteroatoms. The Morgan fingerprint density at radius 3 is 2.18 bits per heavy atom. The van der Waals surface area contributed by atoms with Crippen LogP contribution in [0.15, 0.2) is 0 Å². The van der Waals surface area contributed by atoms with Gasteiger partial charge in [0.2, 0.25) is 0 Å². The van der Waals surface area contributed by atoms with Crippen LogP contribution in [0, 0.1) is 10.8 Å². The summed E-state index contributed by atoms with van der Waals surface area (Å²) in [5.41, 5.74) is -0.457. The molecular weight excluding hydrogens is 140 g/mol. The molecular formula is C9H14O2. The molecule has 0 heterocycles. The fraction of sp³-hybridized carbons (Fsp3) is 0.778. The third-order valence-electron chi connectivity index (χ3n) is 2.27. The summed E-state index contributed by atoms with van der Waals surface area (Å²) in [6.45, 7) is 3.76. The molecule has 1 fully saturated rings. The molecule has 0 spiro atoms. The Labute approximate surface area is 67.0 Å². The average Bonchev–Trinajstić information content (AvgIpc) is 2.69. The summed E-state index contributed by atoms with van der Waals surface area (Å²) in [6.07, 6.45) is 4.60. The number of hydrogen-bond donors (Lipinski definition) is 0. The first-order valence-electron chi connectivity index (χ1n) is 3.96. The molecule has 0 aliphatic heterocycles. The highest BCUT2D eigenvalue weighted by atomic mass is 16.1. The smallest absolute Gasteiger partial charge is 0.126 e. The van der Waals surface area contributed by atoms with Crippen molar-refractivity contribution in [2.24, 2.45) is 10.8 Å². The molecule has 0 amide bonds. The molecule has 0 saturated heterocycles. The summed E-state index contributed by atoms with van der Waals surface area (Å²) in [5.74, 6) is 0. The van der Waals surface area contributed by atoms with Crippen molar-refractivity contribution in [3.63, 3.8) is 0 Å². The lowest BCUT2D eigenvalue weighted by atomic mass is 9.83. The molecule has 1 saturated carbocycles. The lowest BCUT2D eigenvalue weighted by Crippen LogP contribution is -2.20. The zero-order valence-electron chi connectivity index (χ0n) is 7.09. The van der Waals surface area contributed by atoms with E-state index in [1.165, 1.54) is 0 Å². The van der Waals surface area contributed by atoms with Gasteiger partial charge in [0.15, 0.2) is 0 Å². The van der Waals surface area contributed by atoms with Gasteiger partial charge >= 0.3 is 0 Å². The van der Waals surface area contributed by atoms with E-state index in [0.29, 0.717) is 6.42 Å². The summed E-state index contributed by atoms with van der Waals surface area (Å²) in [5, 5.41) is 0. The van der Waals surface area contributed by atoms with Crippen LogP contribution >= 0.6 is 0 Å². The minimum absolute atomic E-state index is 0.135. The monoisotopic (exact) mass is 154 g/mol. The highest BCUT2D eigenvalue weighted by Gasteiger charge is 2.46. The van der Waals surface area contributed by atoms with Crippen molar-refractivity contribution in [1.29, 1.82) is 0 Å². The van der Waals surface area contributed by atoms with Gasteiger partial charge in [0.05, 0.1) is 0 Å². The minimum atomic E-state index is -0.322. The SMILES string of the molecule is CC(C)(C=O)CC1(C=O)CC1. The second-order valence-corrected chi connectivity index (χ2v) is 4.26. The molecule has 11 heavy (non-hydrogen) atoms. The van der Waals surface area contributed by atoms with E-state index in [4.69, 9.17) is 0 Å². The Balaban J connectivity index is 2.53. The van der Waals surface area contributed by atoms with Gasteiger partial charge in [-0.1, -0.05) is 13.8 Å². The van der Waals surface area contributed by atoms with E-state index < -0.39 is 0 Å². The Hall–Kier alpha value is -0.660. The Morgan fingerprint density at radius 2 is 1.91 bits per heavy atom. The lowest BCUT2D eigenvalue weighted by molar-refractivity contribution is -0.118. The first-order chi connectivity index (χ1) is 5.04. The van der Waals surface area contributed by atoms with Crippen LogP contribution in [0.2, 0.25) is 0 Å². The van der Waals surface area contributed by atoms with E-state index in [1.54, 1.807) is 0 Å². The standard InChI is InChI=1S/C9H14O2/c1-8(2,6-10)5-9(7-11)3-4-9/h6-7H,3-5H2,1-2H3. The van der Waals surface area contributed by atoms with E-state index in [9.17, 15) is 9.59 Å². The van der Waals surface area contributed by atoms with Gasteiger partial charge in [-0.3, -0.25) is 0 Å². The van der Waals surface area contributed by atoms with Gasteiger partial charge in [-0.2, -0.15) is 0 Å². The summed E-state index contributed by atoms with van der Waals surface area (Å²) in [6, 6.07) is 0. The second-order valence-electron chi connectivity index (χ2n) is 4.26. The van der Waals surface area contributed by atoms with E-state index in [-0.39, 0.29) is 10.8 Å². The molecule has 62 valence electrons. The summed E-state index contributed by atoms with van der Waals surface area (Å²) in [7, 11) is 0. The van der Waals surface area contributed by atoms with Crippen molar-refractivity contribution >= 4 is 12.6 Å². The van der Waals surface area contributed by atoms with E-state index in [1.807, 2.05) is 13.8 Å². The van der Waals surface area contributed by atoms with Crippen LogP contribution in [-0.4, -0.2) is 12.6 Å². The maximum absolute atomic E-state index is 10.6. The van der Waals surface area contributed by atoms with Crippen molar-refractivity contribution in [2.45, 2.75) is 33.1 Å². The number of hydrogen-bond acceptors (Lipinski definition) is 2. The van der Waals surface area contributed by atoms with Crippen molar-refractivity contribution in [3.8, 4) is 0 Å². The predicted molar refractivity (Wildman–Crippen MR) is 42.2 cm³/mol. The van der Waals surface area contributed by atoms with Crippen LogP contribution in [0.1, 0.15) is 33.1 Å². The Bertz CT molecular complexity index is 170. The highest BCUT2D eigenvalue weighted by molar-refractivity contribution is 5.66. The summed E-state index contributed by atoms with van der Waals surface area (Å²) >= 11 is 0. The molecule has 0 aromatic carbocycles. The van der Waals surface area contributed by atoms with Crippen LogP contribution < -0.4 is 0 Å². The molecule has 1 aliphatic rings. The molecule has 0 aromatic rings. The average molecular weight is 154 g/mol. The third kappa shape index (κ3) is 1.88. The van der Waals surface area contributed by atoms with Gasteiger partial charge in [0.1, 0.15) is 12.6 Å². The van der Waals surface area contributed by atoms with Gasteiger partial charge in [-0.15, -0.1) is 0 Å². The third-order valence-corrected chi connectivity index (χ3v) is 2.27. The van der Waals surface area contributed by atoms with Crippen molar-refractivity contribution < 1.29 is 9.59 Å². The van der Waals surface area contributed by atoms with Crippen LogP contribution in [0.5, 0.6) is 0 Å². The first-order valence-corrected chi connectivity index (χ1v) is 3.96. The highest BCUT2D eigenvalue weighted by Crippen LogP contribution is 2.50. The van der Waals surface area contributed by atoms with Crippen molar-refractivity contribution in [1.82, 2.24) is 0 Å². The predicted octanol–water partition coefficient (Wildman–Crippen LogP) is 1.58. The molecule has 0 N–H and O–H groups in total. The maximum Gasteiger partial charge on any atom is 0.126 e. The fourth-order valence-corrected chi connectivity index (χ4v) is 1.45. The van der Waals surface area contributed by atoms with Gasteiger partial charge in [-0.05, 0) is 19.3 Å². The minimum Gasteiger partial charge on any atom is -0.303 e. The maximum atomic E-state index is 10.6. The lowest BCUT2D eigenvalue weighted by Gasteiger charge is -2.19. The number of aldehydes is 2. The van der Waals surface area contributed by atoms with E-state index >= 15 is 0 Å². The first kappa shape index (κ1) is 8.44. The molecule has 1 rings (SSSR count). The number of carbonyl (C=O) groups excluding carboxylic acids is 2. The second kappa shape index (κ2) is 2.43. The van der Waals surface area contributed by atoms with Gasteiger partial charge in [-0.25, -0.2) is 0 Å². The van der Waals surface area contributed by atoms with Gasteiger partial charge < -0.3 is 9.59 Å². The largest absolute Gasteiger partial charge is 0.303 e. The van der Waals surface area contributed by atoms with Gasteiger partial charge in [0, 0.05) is 10.8 Å². The Morgan fingerprint density at radius 1 is 1.36 bits per heavy atom. The topological polar surface area (TPSA) is 34.1 Å². The molecule has 0 radical (unpaired) electrons.